The van der Waals surface area contributed by atoms with Crippen molar-refractivity contribution in [2.75, 3.05) is 20.3 Å². The zero-order valence-electron chi connectivity index (χ0n) is 11.1. The van der Waals surface area contributed by atoms with Crippen LogP contribution in [-0.4, -0.2) is 57.0 Å². The molecule has 1 aromatic rings. The van der Waals surface area contributed by atoms with E-state index in [-0.39, 0.29) is 18.6 Å². The van der Waals surface area contributed by atoms with Gasteiger partial charge in [0.25, 0.3) is 0 Å². The van der Waals surface area contributed by atoms with Crippen molar-refractivity contribution >= 4 is 5.91 Å². The molecular formula is C11H19N5O3. The average Bonchev–Trinajstić information content (AvgIpc) is 2.81. The van der Waals surface area contributed by atoms with Gasteiger partial charge in [-0.05, 0) is 6.92 Å². The minimum atomic E-state index is -0.875. The Morgan fingerprint density at radius 1 is 1.63 bits per heavy atom. The predicted molar refractivity (Wildman–Crippen MR) is 65.9 cm³/mol. The van der Waals surface area contributed by atoms with Gasteiger partial charge in [-0.25, -0.2) is 0 Å². The zero-order valence-corrected chi connectivity index (χ0v) is 11.1. The van der Waals surface area contributed by atoms with Crippen molar-refractivity contribution in [3.63, 3.8) is 0 Å². The summed E-state index contributed by atoms with van der Waals surface area (Å²) in [7, 11) is 1.60. The van der Waals surface area contributed by atoms with Crippen molar-refractivity contribution in [2.45, 2.75) is 32.2 Å². The largest absolute Gasteiger partial charge is 0.394 e. The predicted octanol–water partition coefficient (Wildman–Crippen LogP) is -1.35. The molecule has 0 saturated carbocycles. The van der Waals surface area contributed by atoms with Gasteiger partial charge in [0, 0.05) is 13.7 Å². The summed E-state index contributed by atoms with van der Waals surface area (Å²) in [5.74, 6) is 1.20. The zero-order chi connectivity index (χ0) is 14.0. The molecule has 1 aliphatic rings. The van der Waals surface area contributed by atoms with E-state index in [9.17, 15) is 4.79 Å². The Morgan fingerprint density at radius 3 is 3.00 bits per heavy atom. The van der Waals surface area contributed by atoms with Crippen LogP contribution >= 0.6 is 0 Å². The molecule has 0 aromatic carbocycles. The molecule has 0 radical (unpaired) electrons. The van der Waals surface area contributed by atoms with Gasteiger partial charge in [-0.15, -0.1) is 10.2 Å². The van der Waals surface area contributed by atoms with Gasteiger partial charge in [-0.3, -0.25) is 4.79 Å². The fourth-order valence-electron chi connectivity index (χ4n) is 2.32. The highest BCUT2D eigenvalue weighted by atomic mass is 16.5. The van der Waals surface area contributed by atoms with Gasteiger partial charge in [0.1, 0.15) is 12.6 Å². The lowest BCUT2D eigenvalue weighted by Crippen LogP contribution is -2.49. The Morgan fingerprint density at radius 2 is 2.37 bits per heavy atom. The number of fused-ring (bicyclic) bond motifs is 1. The summed E-state index contributed by atoms with van der Waals surface area (Å²) in [6.45, 7) is 2.89. The van der Waals surface area contributed by atoms with Crippen LogP contribution in [0.15, 0.2) is 0 Å². The van der Waals surface area contributed by atoms with Crippen molar-refractivity contribution in [1.29, 1.82) is 0 Å². The second kappa shape index (κ2) is 5.64. The summed E-state index contributed by atoms with van der Waals surface area (Å²) in [6.07, 6.45) is 0. The Hall–Kier alpha value is -1.51. The van der Waals surface area contributed by atoms with E-state index in [1.165, 1.54) is 0 Å². The second-order valence-electron chi connectivity index (χ2n) is 4.69. The lowest BCUT2D eigenvalue weighted by Gasteiger charge is -2.33. The lowest BCUT2D eigenvalue weighted by molar-refractivity contribution is -0.135. The molecule has 19 heavy (non-hydrogen) atoms. The number of amides is 1. The van der Waals surface area contributed by atoms with E-state index in [4.69, 9.17) is 15.6 Å². The first-order valence-corrected chi connectivity index (χ1v) is 6.15. The van der Waals surface area contributed by atoms with Gasteiger partial charge in [-0.2, -0.15) is 0 Å². The molecule has 0 saturated heterocycles. The maximum atomic E-state index is 12.0. The smallest absolute Gasteiger partial charge is 0.242 e. The number of ether oxygens (including phenoxy) is 1. The van der Waals surface area contributed by atoms with Gasteiger partial charge < -0.3 is 25.0 Å². The molecule has 0 unspecified atom stereocenters. The third kappa shape index (κ3) is 2.60. The number of nitrogens with two attached hydrogens (primary N) is 1. The molecule has 0 fully saturated rings. The highest BCUT2D eigenvalue weighted by Gasteiger charge is 2.30. The number of aliphatic hydroxyl groups is 1. The van der Waals surface area contributed by atoms with Gasteiger partial charge in [-0.1, -0.05) is 0 Å². The van der Waals surface area contributed by atoms with Crippen LogP contribution in [-0.2, 0) is 22.7 Å². The summed E-state index contributed by atoms with van der Waals surface area (Å²) < 4.78 is 7.06. The number of hydrogen-bond donors (Lipinski definition) is 2. The van der Waals surface area contributed by atoms with Crippen LogP contribution in [0, 0.1) is 0 Å². The minimum Gasteiger partial charge on any atom is -0.394 e. The molecule has 2 rings (SSSR count). The van der Waals surface area contributed by atoms with E-state index in [2.05, 4.69) is 10.2 Å². The topological polar surface area (TPSA) is 107 Å². The standard InChI is InChI=1S/C11H19N5O3/c1-7-3-15(11(18)8(12)5-17)4-9-13-14-10(6-19-2)16(7)9/h7-8,17H,3-6,12H2,1-2H3/t7-,8-/m0/s1. The molecule has 2 atom stereocenters. The fraction of sp³-hybridized carbons (Fsp3) is 0.727. The van der Waals surface area contributed by atoms with Gasteiger partial charge in [0.15, 0.2) is 11.6 Å². The second-order valence-corrected chi connectivity index (χ2v) is 4.69. The quantitative estimate of drug-likeness (QED) is 0.699. The molecule has 1 amide bonds. The first kappa shape index (κ1) is 13.9. The number of rotatable bonds is 4. The monoisotopic (exact) mass is 269 g/mol. The van der Waals surface area contributed by atoms with Crippen LogP contribution in [0.1, 0.15) is 24.6 Å². The molecule has 3 N–H and O–H groups in total. The van der Waals surface area contributed by atoms with E-state index < -0.39 is 6.04 Å². The first-order chi connectivity index (χ1) is 9.08. The summed E-state index contributed by atoms with van der Waals surface area (Å²) in [6, 6.07) is -0.821. The van der Waals surface area contributed by atoms with E-state index in [0.717, 1.165) is 5.82 Å². The number of carbonyl (C=O) groups excluding carboxylic acids is 1. The number of aromatic nitrogens is 3. The molecular weight excluding hydrogens is 250 g/mol. The minimum absolute atomic E-state index is 0.0544. The highest BCUT2D eigenvalue weighted by Crippen LogP contribution is 2.22. The highest BCUT2D eigenvalue weighted by molar-refractivity contribution is 5.81. The van der Waals surface area contributed by atoms with Crippen LogP contribution in [0.25, 0.3) is 0 Å². The summed E-state index contributed by atoms with van der Waals surface area (Å²) in [5.41, 5.74) is 5.56. The van der Waals surface area contributed by atoms with E-state index in [0.29, 0.717) is 25.5 Å². The third-order valence-electron chi connectivity index (χ3n) is 3.19. The molecule has 8 heteroatoms. The van der Waals surface area contributed by atoms with E-state index in [1.54, 1.807) is 12.0 Å². The van der Waals surface area contributed by atoms with Crippen molar-refractivity contribution < 1.29 is 14.6 Å². The number of nitrogens with zero attached hydrogens (tertiary/aromatic N) is 4. The summed E-state index contributed by atoms with van der Waals surface area (Å²) in [5, 5.41) is 17.1. The van der Waals surface area contributed by atoms with Crippen LogP contribution in [0.3, 0.4) is 0 Å². The van der Waals surface area contributed by atoms with Crippen LogP contribution in [0.4, 0.5) is 0 Å². The molecule has 8 nitrogen and oxygen atoms in total. The summed E-state index contributed by atoms with van der Waals surface area (Å²) >= 11 is 0. The fourth-order valence-corrected chi connectivity index (χ4v) is 2.32. The number of aliphatic hydroxyl groups excluding tert-OH is 1. The van der Waals surface area contributed by atoms with Crippen LogP contribution in [0.2, 0.25) is 0 Å². The number of carbonyl (C=O) groups is 1. The average molecular weight is 269 g/mol. The molecule has 2 heterocycles. The third-order valence-corrected chi connectivity index (χ3v) is 3.19. The molecule has 1 aromatic heterocycles. The lowest BCUT2D eigenvalue weighted by atomic mass is 10.2. The Bertz CT molecular complexity index is 461. The van der Waals surface area contributed by atoms with Crippen molar-refractivity contribution in [3.8, 4) is 0 Å². The maximum absolute atomic E-state index is 12.0. The van der Waals surface area contributed by atoms with Gasteiger partial charge in [0.05, 0.1) is 19.2 Å². The number of methoxy groups -OCH3 is 1. The Kier molecular flexibility index (Phi) is 4.13. The van der Waals surface area contributed by atoms with Gasteiger partial charge >= 0.3 is 0 Å². The maximum Gasteiger partial charge on any atom is 0.242 e. The van der Waals surface area contributed by atoms with Crippen molar-refractivity contribution in [1.82, 2.24) is 19.7 Å². The number of hydrogen-bond acceptors (Lipinski definition) is 6. The normalized spacial score (nSPS) is 20.2. The van der Waals surface area contributed by atoms with Gasteiger partial charge in [0.2, 0.25) is 5.91 Å². The van der Waals surface area contributed by atoms with Crippen LogP contribution in [0.5, 0.6) is 0 Å². The Labute approximate surface area is 111 Å². The SMILES string of the molecule is COCc1nnc2n1[C@@H](C)CN(C(=O)[C@@H](N)CO)C2. The summed E-state index contributed by atoms with van der Waals surface area (Å²) in [4.78, 5) is 13.6. The molecule has 0 bridgehead atoms. The van der Waals surface area contributed by atoms with E-state index in [1.807, 2.05) is 11.5 Å². The molecule has 0 aliphatic carbocycles. The van der Waals surface area contributed by atoms with E-state index >= 15 is 0 Å². The van der Waals surface area contributed by atoms with Crippen molar-refractivity contribution in [3.05, 3.63) is 11.6 Å². The Balaban J connectivity index is 2.19. The molecule has 106 valence electrons. The van der Waals surface area contributed by atoms with Crippen molar-refractivity contribution in [2.24, 2.45) is 5.73 Å². The first-order valence-electron chi connectivity index (χ1n) is 6.15. The molecule has 0 spiro atoms. The molecule has 1 aliphatic heterocycles. The van der Waals surface area contributed by atoms with Crippen LogP contribution < -0.4 is 5.73 Å².